The van der Waals surface area contributed by atoms with E-state index < -0.39 is 17.0 Å². The van der Waals surface area contributed by atoms with Crippen LogP contribution in [-0.2, 0) is 21.4 Å². The average Bonchev–Trinajstić information content (AvgIpc) is 2.81. The number of ether oxygens (including phenoxy) is 1. The molecule has 0 saturated carbocycles. The van der Waals surface area contributed by atoms with E-state index in [9.17, 15) is 19.5 Å². The van der Waals surface area contributed by atoms with Crippen LogP contribution in [0, 0.1) is 6.92 Å². The number of likely N-dealkylation sites (tertiary alicyclic amines) is 1. The number of piperidine rings is 1. The van der Waals surface area contributed by atoms with Crippen LogP contribution in [0.3, 0.4) is 0 Å². The monoisotopic (exact) mass is 435 g/mol. The zero-order valence-electron chi connectivity index (χ0n) is 18.1. The fourth-order valence-corrected chi connectivity index (χ4v) is 4.49. The van der Waals surface area contributed by atoms with Crippen molar-refractivity contribution in [2.24, 2.45) is 0 Å². The minimum absolute atomic E-state index is 0.0818. The maximum Gasteiger partial charge on any atom is 0.340 e. The number of fused-ring (bicyclic) bond motifs is 1. The maximum absolute atomic E-state index is 13.0. The second-order valence-corrected chi connectivity index (χ2v) is 8.17. The van der Waals surface area contributed by atoms with E-state index in [1.807, 2.05) is 36.4 Å². The summed E-state index contributed by atoms with van der Waals surface area (Å²) in [4.78, 5) is 39.4. The summed E-state index contributed by atoms with van der Waals surface area (Å²) in [5, 5.41) is 10.7. The Labute approximate surface area is 185 Å². The molecule has 1 aliphatic heterocycles. The molecule has 0 atom stereocenters. The van der Waals surface area contributed by atoms with E-state index in [1.165, 1.54) is 7.11 Å². The Hall–Kier alpha value is -3.61. The van der Waals surface area contributed by atoms with Gasteiger partial charge in [-0.05, 0) is 43.0 Å². The number of aliphatic carboxylic acids is 1. The zero-order valence-corrected chi connectivity index (χ0v) is 18.1. The minimum Gasteiger partial charge on any atom is -0.497 e. The fourth-order valence-electron chi connectivity index (χ4n) is 4.49. The van der Waals surface area contributed by atoms with Crippen LogP contribution < -0.4 is 10.4 Å². The zero-order chi connectivity index (χ0) is 22.9. The van der Waals surface area contributed by atoms with Crippen molar-refractivity contribution in [3.63, 3.8) is 0 Å². The van der Waals surface area contributed by atoms with Crippen LogP contribution in [0.1, 0.15) is 29.5 Å². The van der Waals surface area contributed by atoms with Crippen molar-refractivity contribution < 1.29 is 23.8 Å². The summed E-state index contributed by atoms with van der Waals surface area (Å²) in [7, 11) is 1.54. The molecule has 0 unspecified atom stereocenters. The molecule has 4 rings (SSSR count). The van der Waals surface area contributed by atoms with E-state index in [4.69, 9.17) is 9.15 Å². The molecule has 0 radical (unpaired) electrons. The first-order valence-electron chi connectivity index (χ1n) is 10.5. The number of nitrogens with zero attached hydrogens (tertiary/aromatic N) is 1. The highest BCUT2D eigenvalue weighted by atomic mass is 16.5. The number of amides is 1. The summed E-state index contributed by atoms with van der Waals surface area (Å²) in [5.74, 6) is -0.505. The predicted octanol–water partition coefficient (Wildman–Crippen LogP) is 3.30. The van der Waals surface area contributed by atoms with Crippen molar-refractivity contribution in [2.75, 3.05) is 20.2 Å². The molecule has 2 aromatic carbocycles. The maximum atomic E-state index is 13.0. The highest BCUT2D eigenvalue weighted by Gasteiger charge is 2.43. The van der Waals surface area contributed by atoms with Gasteiger partial charge in [0.2, 0.25) is 5.91 Å². The quantitative estimate of drug-likeness (QED) is 0.618. The third-order valence-electron chi connectivity index (χ3n) is 6.53. The standard InChI is InChI=1S/C25H25NO6/c1-16-19-9-8-18(31-2)14-21(19)32-23(28)20(16)15-22(27)26-12-10-25(11-13-26,24(29)30)17-6-4-3-5-7-17/h3-9,14H,10-13,15H2,1-2H3,(H,29,30). The van der Waals surface area contributed by atoms with Crippen molar-refractivity contribution in [3.05, 3.63) is 75.6 Å². The van der Waals surface area contributed by atoms with Crippen molar-refractivity contribution in [2.45, 2.75) is 31.6 Å². The normalized spacial score (nSPS) is 15.5. The molecule has 1 aliphatic rings. The molecule has 0 spiro atoms. The smallest absolute Gasteiger partial charge is 0.340 e. The van der Waals surface area contributed by atoms with Crippen molar-refractivity contribution in [3.8, 4) is 5.75 Å². The molecule has 32 heavy (non-hydrogen) atoms. The molecule has 7 nitrogen and oxygen atoms in total. The SMILES string of the molecule is COc1ccc2c(C)c(CC(=O)N3CCC(C(=O)O)(c4ccccc4)CC3)c(=O)oc2c1. The lowest BCUT2D eigenvalue weighted by Crippen LogP contribution is -2.49. The van der Waals surface area contributed by atoms with Gasteiger partial charge in [0, 0.05) is 24.5 Å². The number of methoxy groups -OCH3 is 1. The fraction of sp³-hybridized carbons (Fsp3) is 0.320. The van der Waals surface area contributed by atoms with Gasteiger partial charge in [-0.3, -0.25) is 9.59 Å². The van der Waals surface area contributed by atoms with Gasteiger partial charge in [0.1, 0.15) is 11.3 Å². The van der Waals surface area contributed by atoms with Crippen molar-refractivity contribution >= 4 is 22.8 Å². The second-order valence-electron chi connectivity index (χ2n) is 8.17. The molecule has 1 fully saturated rings. The van der Waals surface area contributed by atoms with Gasteiger partial charge in [-0.15, -0.1) is 0 Å². The van der Waals surface area contributed by atoms with Crippen LogP contribution in [0.25, 0.3) is 11.0 Å². The lowest BCUT2D eigenvalue weighted by Gasteiger charge is -2.39. The number of hydrogen-bond donors (Lipinski definition) is 1. The number of carboxylic acid groups (broad SMARTS) is 1. The molecule has 1 aromatic heterocycles. The Bertz CT molecular complexity index is 1220. The lowest BCUT2D eigenvalue weighted by molar-refractivity contribution is -0.148. The second kappa shape index (κ2) is 8.49. The third kappa shape index (κ3) is 3.75. The average molecular weight is 435 g/mol. The van der Waals surface area contributed by atoms with Crippen LogP contribution in [-0.4, -0.2) is 42.1 Å². The van der Waals surface area contributed by atoms with Gasteiger partial charge in [-0.2, -0.15) is 0 Å². The summed E-state index contributed by atoms with van der Waals surface area (Å²) < 4.78 is 10.6. The van der Waals surface area contributed by atoms with E-state index in [0.29, 0.717) is 48.4 Å². The summed E-state index contributed by atoms with van der Waals surface area (Å²) in [6.45, 7) is 2.43. The Kier molecular flexibility index (Phi) is 5.74. The van der Waals surface area contributed by atoms with Crippen molar-refractivity contribution in [1.82, 2.24) is 4.90 Å². The Morgan fingerprint density at radius 1 is 1.12 bits per heavy atom. The number of benzene rings is 2. The van der Waals surface area contributed by atoms with Gasteiger partial charge in [-0.1, -0.05) is 30.3 Å². The number of aryl methyl sites for hydroxylation is 1. The van der Waals surface area contributed by atoms with E-state index >= 15 is 0 Å². The summed E-state index contributed by atoms with van der Waals surface area (Å²) in [6, 6.07) is 14.4. The molecule has 0 aliphatic carbocycles. The number of hydrogen-bond acceptors (Lipinski definition) is 5. The molecule has 1 N–H and O–H groups in total. The topological polar surface area (TPSA) is 97.0 Å². The van der Waals surface area contributed by atoms with Crippen LogP contribution >= 0.6 is 0 Å². The summed E-state index contributed by atoms with van der Waals surface area (Å²) in [5.41, 5.74) is 0.641. The third-order valence-corrected chi connectivity index (χ3v) is 6.53. The van der Waals surface area contributed by atoms with Gasteiger partial charge in [0.05, 0.1) is 24.5 Å². The van der Waals surface area contributed by atoms with E-state index in [1.54, 1.807) is 24.0 Å². The largest absolute Gasteiger partial charge is 0.497 e. The van der Waals surface area contributed by atoms with Gasteiger partial charge in [-0.25, -0.2) is 4.79 Å². The number of carbonyl (C=O) groups excluding carboxylic acids is 1. The lowest BCUT2D eigenvalue weighted by atomic mass is 9.73. The Balaban J connectivity index is 1.54. The molecular formula is C25H25NO6. The van der Waals surface area contributed by atoms with Crippen molar-refractivity contribution in [1.29, 1.82) is 0 Å². The first kappa shape index (κ1) is 21.6. The molecule has 1 saturated heterocycles. The van der Waals surface area contributed by atoms with Gasteiger partial charge >= 0.3 is 11.6 Å². The summed E-state index contributed by atoms with van der Waals surface area (Å²) >= 11 is 0. The molecule has 2 heterocycles. The van der Waals surface area contributed by atoms with E-state index in [0.717, 1.165) is 10.9 Å². The van der Waals surface area contributed by atoms with Gasteiger partial charge < -0.3 is 19.2 Å². The number of carboxylic acids is 1. The molecule has 166 valence electrons. The van der Waals surface area contributed by atoms with Crippen LogP contribution in [0.15, 0.2) is 57.7 Å². The highest BCUT2D eigenvalue weighted by molar-refractivity contribution is 5.86. The van der Waals surface area contributed by atoms with E-state index in [-0.39, 0.29) is 12.3 Å². The highest BCUT2D eigenvalue weighted by Crippen LogP contribution is 2.36. The minimum atomic E-state index is -1.00. The first-order valence-corrected chi connectivity index (χ1v) is 10.5. The van der Waals surface area contributed by atoms with Gasteiger partial charge in [0.15, 0.2) is 0 Å². The Morgan fingerprint density at radius 3 is 2.44 bits per heavy atom. The summed E-state index contributed by atoms with van der Waals surface area (Å²) in [6.07, 6.45) is 0.563. The van der Waals surface area contributed by atoms with Gasteiger partial charge in [0.25, 0.3) is 0 Å². The van der Waals surface area contributed by atoms with Crippen LogP contribution in [0.5, 0.6) is 5.75 Å². The van der Waals surface area contributed by atoms with E-state index in [2.05, 4.69) is 0 Å². The molecule has 0 bridgehead atoms. The number of rotatable bonds is 5. The molecule has 7 heteroatoms. The predicted molar refractivity (Wildman–Crippen MR) is 119 cm³/mol. The Morgan fingerprint density at radius 2 is 1.81 bits per heavy atom. The van der Waals surface area contributed by atoms with Crippen LogP contribution in [0.2, 0.25) is 0 Å². The first-order chi connectivity index (χ1) is 15.4. The molecular weight excluding hydrogens is 410 g/mol. The molecule has 1 amide bonds. The van der Waals surface area contributed by atoms with Crippen LogP contribution in [0.4, 0.5) is 0 Å². The number of carbonyl (C=O) groups is 2. The molecule has 3 aromatic rings.